The molecule has 2 saturated heterocycles. The van der Waals surface area contributed by atoms with Crippen LogP contribution in [0.25, 0.3) is 0 Å². The first kappa shape index (κ1) is 13.3. The molecule has 6 nitrogen and oxygen atoms in total. The second-order valence-electron chi connectivity index (χ2n) is 5.06. The number of ether oxygens (including phenoxy) is 1. The van der Waals surface area contributed by atoms with E-state index in [9.17, 15) is 9.59 Å². The van der Waals surface area contributed by atoms with Gasteiger partial charge < -0.3 is 10.5 Å². The number of hydrogen-bond acceptors (Lipinski definition) is 5. The van der Waals surface area contributed by atoms with Crippen molar-refractivity contribution < 1.29 is 14.3 Å². The molecule has 2 heterocycles. The number of rotatable bonds is 3. The standard InChI is InChI=1S/C12H21N3O3/c1-2-18-12(17)14-11(16)7-15-9-3-4-10(15)6-8(13)5-9/h8-10H,2-7,13H2,1H3,(H,14,16,17). The highest BCUT2D eigenvalue weighted by atomic mass is 16.5. The Hall–Kier alpha value is -1.14. The van der Waals surface area contributed by atoms with Gasteiger partial charge in [-0.2, -0.15) is 0 Å². The molecule has 0 aliphatic carbocycles. The lowest BCUT2D eigenvalue weighted by Gasteiger charge is -2.36. The quantitative estimate of drug-likeness (QED) is 0.753. The molecule has 2 fully saturated rings. The van der Waals surface area contributed by atoms with Gasteiger partial charge in [0, 0.05) is 18.1 Å². The van der Waals surface area contributed by atoms with Crippen molar-refractivity contribution in [2.75, 3.05) is 13.2 Å². The summed E-state index contributed by atoms with van der Waals surface area (Å²) in [4.78, 5) is 25.0. The zero-order valence-corrected chi connectivity index (χ0v) is 10.7. The highest BCUT2D eigenvalue weighted by Crippen LogP contribution is 2.34. The van der Waals surface area contributed by atoms with Gasteiger partial charge in [-0.3, -0.25) is 15.0 Å². The van der Waals surface area contributed by atoms with E-state index in [0.717, 1.165) is 25.7 Å². The topological polar surface area (TPSA) is 84.7 Å². The molecule has 2 aliphatic heterocycles. The van der Waals surface area contributed by atoms with Gasteiger partial charge in [-0.25, -0.2) is 4.79 Å². The normalized spacial score (nSPS) is 31.1. The van der Waals surface area contributed by atoms with E-state index in [0.29, 0.717) is 12.1 Å². The highest BCUT2D eigenvalue weighted by Gasteiger charge is 2.40. The summed E-state index contributed by atoms with van der Waals surface area (Å²) in [5.74, 6) is -0.291. The summed E-state index contributed by atoms with van der Waals surface area (Å²) in [5.41, 5.74) is 5.97. The van der Waals surface area contributed by atoms with Crippen LogP contribution in [0.15, 0.2) is 0 Å². The molecule has 18 heavy (non-hydrogen) atoms. The SMILES string of the molecule is CCOC(=O)NC(=O)CN1C2CCC1CC(N)C2. The third kappa shape index (κ3) is 3.00. The van der Waals surface area contributed by atoms with Crippen LogP contribution in [-0.4, -0.2) is 48.2 Å². The summed E-state index contributed by atoms with van der Waals surface area (Å²) in [5, 5.41) is 2.24. The molecule has 2 rings (SSSR count). The molecule has 0 aromatic carbocycles. The minimum atomic E-state index is -0.663. The van der Waals surface area contributed by atoms with Crippen molar-refractivity contribution in [2.24, 2.45) is 5.73 Å². The molecule has 0 spiro atoms. The lowest BCUT2D eigenvalue weighted by Crippen LogP contribution is -2.51. The first-order valence-corrected chi connectivity index (χ1v) is 6.58. The second kappa shape index (κ2) is 5.67. The fraction of sp³-hybridized carbons (Fsp3) is 0.833. The Morgan fingerprint density at radius 3 is 2.50 bits per heavy atom. The van der Waals surface area contributed by atoms with E-state index in [4.69, 9.17) is 5.73 Å². The van der Waals surface area contributed by atoms with E-state index in [1.165, 1.54) is 0 Å². The number of imide groups is 1. The van der Waals surface area contributed by atoms with Gasteiger partial charge in [0.1, 0.15) is 0 Å². The van der Waals surface area contributed by atoms with Crippen LogP contribution in [0.4, 0.5) is 4.79 Å². The van der Waals surface area contributed by atoms with E-state index in [1.54, 1.807) is 6.92 Å². The molecule has 6 heteroatoms. The molecule has 0 radical (unpaired) electrons. The monoisotopic (exact) mass is 255 g/mol. The van der Waals surface area contributed by atoms with Crippen molar-refractivity contribution in [2.45, 2.75) is 50.7 Å². The maximum atomic E-state index is 11.7. The molecule has 0 saturated carbocycles. The maximum absolute atomic E-state index is 11.7. The number of piperidine rings is 1. The lowest BCUT2D eigenvalue weighted by molar-refractivity contribution is -0.122. The molecule has 2 atom stereocenters. The predicted octanol–water partition coefficient (Wildman–Crippen LogP) is 0.213. The van der Waals surface area contributed by atoms with Crippen molar-refractivity contribution in [3.05, 3.63) is 0 Å². The first-order chi connectivity index (χ1) is 8.60. The number of carbonyl (C=O) groups is 2. The highest BCUT2D eigenvalue weighted by molar-refractivity contribution is 5.92. The molecule has 2 unspecified atom stereocenters. The van der Waals surface area contributed by atoms with Crippen LogP contribution < -0.4 is 11.1 Å². The average molecular weight is 255 g/mol. The number of nitrogens with zero attached hydrogens (tertiary/aromatic N) is 1. The Bertz CT molecular complexity index is 321. The largest absolute Gasteiger partial charge is 0.450 e. The molecule has 0 aromatic heterocycles. The summed E-state index contributed by atoms with van der Waals surface area (Å²) in [6.07, 6.45) is 3.44. The Morgan fingerprint density at radius 1 is 1.33 bits per heavy atom. The average Bonchev–Trinajstić information content (AvgIpc) is 2.54. The summed E-state index contributed by atoms with van der Waals surface area (Å²) in [6.45, 7) is 2.24. The number of hydrogen-bond donors (Lipinski definition) is 2. The van der Waals surface area contributed by atoms with Crippen LogP contribution in [0.1, 0.15) is 32.6 Å². The minimum absolute atomic E-state index is 0.256. The van der Waals surface area contributed by atoms with Crippen LogP contribution in [0.5, 0.6) is 0 Å². The minimum Gasteiger partial charge on any atom is -0.450 e. The Balaban J connectivity index is 1.83. The van der Waals surface area contributed by atoms with Gasteiger partial charge in [-0.1, -0.05) is 0 Å². The third-order valence-corrected chi connectivity index (χ3v) is 3.76. The smallest absolute Gasteiger partial charge is 0.413 e. The van der Waals surface area contributed by atoms with Gasteiger partial charge in [0.15, 0.2) is 0 Å². The van der Waals surface area contributed by atoms with Crippen LogP contribution in [0.2, 0.25) is 0 Å². The van der Waals surface area contributed by atoms with E-state index < -0.39 is 6.09 Å². The van der Waals surface area contributed by atoms with E-state index in [1.807, 2.05) is 0 Å². The molecular weight excluding hydrogens is 234 g/mol. The zero-order valence-electron chi connectivity index (χ0n) is 10.7. The van der Waals surface area contributed by atoms with Crippen LogP contribution in [0.3, 0.4) is 0 Å². The van der Waals surface area contributed by atoms with Crippen LogP contribution in [-0.2, 0) is 9.53 Å². The summed E-state index contributed by atoms with van der Waals surface area (Å²) < 4.78 is 4.68. The van der Waals surface area contributed by atoms with Crippen molar-refractivity contribution in [3.63, 3.8) is 0 Å². The van der Waals surface area contributed by atoms with E-state index >= 15 is 0 Å². The Labute approximate surface area is 107 Å². The van der Waals surface area contributed by atoms with E-state index in [2.05, 4.69) is 15.0 Å². The molecular formula is C12H21N3O3. The first-order valence-electron chi connectivity index (χ1n) is 6.58. The van der Waals surface area contributed by atoms with Gasteiger partial charge in [0.25, 0.3) is 0 Å². The number of carbonyl (C=O) groups excluding carboxylic acids is 2. The van der Waals surface area contributed by atoms with Crippen molar-refractivity contribution in [3.8, 4) is 0 Å². The van der Waals surface area contributed by atoms with Crippen LogP contribution >= 0.6 is 0 Å². The van der Waals surface area contributed by atoms with Crippen LogP contribution in [0, 0.1) is 0 Å². The van der Waals surface area contributed by atoms with Gasteiger partial charge >= 0.3 is 6.09 Å². The summed E-state index contributed by atoms with van der Waals surface area (Å²) >= 11 is 0. The molecule has 0 aromatic rings. The predicted molar refractivity (Wildman–Crippen MR) is 65.9 cm³/mol. The van der Waals surface area contributed by atoms with Crippen molar-refractivity contribution in [1.29, 1.82) is 0 Å². The molecule has 3 N–H and O–H groups in total. The lowest BCUT2D eigenvalue weighted by atomic mass is 9.98. The molecule has 2 aliphatic rings. The Morgan fingerprint density at radius 2 is 1.94 bits per heavy atom. The zero-order chi connectivity index (χ0) is 13.1. The van der Waals surface area contributed by atoms with Gasteiger partial charge in [0.2, 0.25) is 5.91 Å². The number of amides is 2. The van der Waals surface area contributed by atoms with Gasteiger partial charge in [0.05, 0.1) is 13.2 Å². The van der Waals surface area contributed by atoms with Gasteiger partial charge in [-0.15, -0.1) is 0 Å². The fourth-order valence-corrected chi connectivity index (χ4v) is 3.06. The number of nitrogens with one attached hydrogen (secondary N) is 1. The number of fused-ring (bicyclic) bond motifs is 2. The maximum Gasteiger partial charge on any atom is 0.413 e. The number of alkyl carbamates (subject to hydrolysis) is 1. The fourth-order valence-electron chi connectivity index (χ4n) is 3.06. The Kier molecular flexibility index (Phi) is 4.19. The molecule has 2 amide bonds. The van der Waals surface area contributed by atoms with Crippen molar-refractivity contribution in [1.82, 2.24) is 10.2 Å². The third-order valence-electron chi connectivity index (χ3n) is 3.76. The summed E-state index contributed by atoms with van der Waals surface area (Å²) in [6, 6.07) is 1.05. The summed E-state index contributed by atoms with van der Waals surface area (Å²) in [7, 11) is 0. The van der Waals surface area contributed by atoms with E-state index in [-0.39, 0.29) is 25.1 Å². The van der Waals surface area contributed by atoms with Gasteiger partial charge in [-0.05, 0) is 32.6 Å². The second-order valence-corrected chi connectivity index (χ2v) is 5.06. The van der Waals surface area contributed by atoms with Crippen molar-refractivity contribution >= 4 is 12.0 Å². The number of nitrogens with two attached hydrogens (primary N) is 1. The molecule has 102 valence electrons. The molecule has 2 bridgehead atoms.